The zero-order chi connectivity index (χ0) is 13.9. The van der Waals surface area contributed by atoms with E-state index >= 15 is 0 Å². The Balaban J connectivity index is 2.23. The molecule has 0 saturated carbocycles. The van der Waals surface area contributed by atoms with Gasteiger partial charge in [-0.15, -0.1) is 0 Å². The van der Waals surface area contributed by atoms with Crippen molar-refractivity contribution in [2.24, 2.45) is 4.99 Å². The summed E-state index contributed by atoms with van der Waals surface area (Å²) in [5, 5.41) is 7.25. The van der Waals surface area contributed by atoms with Crippen LogP contribution in [0.25, 0.3) is 0 Å². The number of hydrogen-bond acceptors (Lipinski definition) is 2. The maximum atomic E-state index is 5.84. The molecule has 5 heteroatoms. The van der Waals surface area contributed by atoms with Crippen molar-refractivity contribution in [3.8, 4) is 0 Å². The minimum Gasteiger partial charge on any atom is -0.382 e. The molecule has 0 aromatic heterocycles. The van der Waals surface area contributed by atoms with Crippen molar-refractivity contribution in [1.29, 1.82) is 0 Å². The van der Waals surface area contributed by atoms with Crippen LogP contribution < -0.4 is 10.6 Å². The van der Waals surface area contributed by atoms with Crippen molar-refractivity contribution >= 4 is 17.6 Å². The van der Waals surface area contributed by atoms with Crippen molar-refractivity contribution in [2.45, 2.75) is 19.9 Å². The standard InChI is InChI=1S/C14H22ClN3O/c1-3-19-10-4-9-17-14(16-2)18-11-12-5-7-13(15)8-6-12/h5-8H,3-4,9-11H2,1-2H3,(H2,16,17,18). The van der Waals surface area contributed by atoms with Gasteiger partial charge in [0, 0.05) is 38.4 Å². The van der Waals surface area contributed by atoms with Crippen molar-refractivity contribution < 1.29 is 4.74 Å². The van der Waals surface area contributed by atoms with Gasteiger partial charge in [-0.3, -0.25) is 4.99 Å². The molecule has 106 valence electrons. The number of benzene rings is 1. The molecule has 0 radical (unpaired) electrons. The second-order valence-corrected chi connectivity index (χ2v) is 4.47. The van der Waals surface area contributed by atoms with Crippen LogP contribution >= 0.6 is 11.6 Å². The van der Waals surface area contributed by atoms with E-state index in [0.717, 1.165) is 43.7 Å². The molecule has 4 nitrogen and oxygen atoms in total. The second kappa shape index (κ2) is 9.64. The Hall–Kier alpha value is -1.26. The van der Waals surface area contributed by atoms with Crippen LogP contribution in [0.5, 0.6) is 0 Å². The van der Waals surface area contributed by atoms with Crippen LogP contribution in [0.15, 0.2) is 29.3 Å². The quantitative estimate of drug-likeness (QED) is 0.459. The molecule has 2 N–H and O–H groups in total. The summed E-state index contributed by atoms with van der Waals surface area (Å²) in [5.74, 6) is 0.798. The number of halogens is 1. The number of rotatable bonds is 7. The molecule has 0 bridgehead atoms. The average Bonchev–Trinajstić information content (AvgIpc) is 2.44. The van der Waals surface area contributed by atoms with Gasteiger partial charge in [-0.05, 0) is 31.0 Å². The molecule has 0 aliphatic rings. The van der Waals surface area contributed by atoms with E-state index in [1.165, 1.54) is 5.56 Å². The van der Waals surface area contributed by atoms with E-state index < -0.39 is 0 Å². The fourth-order valence-electron chi connectivity index (χ4n) is 1.53. The summed E-state index contributed by atoms with van der Waals surface area (Å²) in [5.41, 5.74) is 1.17. The molecule has 0 heterocycles. The van der Waals surface area contributed by atoms with Gasteiger partial charge in [0.25, 0.3) is 0 Å². The molecule has 0 fully saturated rings. The molecule has 0 amide bonds. The fourth-order valence-corrected chi connectivity index (χ4v) is 1.66. The van der Waals surface area contributed by atoms with Crippen molar-refractivity contribution in [3.05, 3.63) is 34.9 Å². The lowest BCUT2D eigenvalue weighted by Crippen LogP contribution is -2.37. The molecule has 0 atom stereocenters. The predicted octanol–water partition coefficient (Wildman–Crippen LogP) is 2.43. The minimum absolute atomic E-state index is 0.725. The Bertz CT molecular complexity index is 379. The third kappa shape index (κ3) is 7.03. The monoisotopic (exact) mass is 283 g/mol. The third-order valence-corrected chi connectivity index (χ3v) is 2.81. The summed E-state index contributed by atoms with van der Waals surface area (Å²) in [6, 6.07) is 7.77. The summed E-state index contributed by atoms with van der Waals surface area (Å²) >= 11 is 5.84. The molecule has 1 aromatic rings. The highest BCUT2D eigenvalue weighted by atomic mass is 35.5. The predicted molar refractivity (Wildman–Crippen MR) is 80.8 cm³/mol. The van der Waals surface area contributed by atoms with E-state index in [0.29, 0.717) is 0 Å². The van der Waals surface area contributed by atoms with Gasteiger partial charge in [0.15, 0.2) is 5.96 Å². The highest BCUT2D eigenvalue weighted by Crippen LogP contribution is 2.08. The van der Waals surface area contributed by atoms with E-state index in [2.05, 4.69) is 15.6 Å². The first-order chi connectivity index (χ1) is 9.26. The summed E-state index contributed by atoms with van der Waals surface area (Å²) in [4.78, 5) is 4.17. The molecule has 0 spiro atoms. The Kier molecular flexibility index (Phi) is 8.02. The number of ether oxygens (including phenoxy) is 1. The van der Waals surface area contributed by atoms with Gasteiger partial charge in [-0.1, -0.05) is 23.7 Å². The number of guanidine groups is 1. The van der Waals surface area contributed by atoms with Crippen LogP contribution in [0.3, 0.4) is 0 Å². The topological polar surface area (TPSA) is 45.6 Å². The van der Waals surface area contributed by atoms with Crippen molar-refractivity contribution in [3.63, 3.8) is 0 Å². The van der Waals surface area contributed by atoms with Crippen molar-refractivity contribution in [1.82, 2.24) is 10.6 Å². The van der Waals surface area contributed by atoms with E-state index in [4.69, 9.17) is 16.3 Å². The summed E-state index contributed by atoms with van der Waals surface area (Å²) in [7, 11) is 1.76. The van der Waals surface area contributed by atoms with Crippen molar-refractivity contribution in [2.75, 3.05) is 26.8 Å². The molecule has 0 aliphatic heterocycles. The lowest BCUT2D eigenvalue weighted by atomic mass is 10.2. The van der Waals surface area contributed by atoms with Crippen LogP contribution in [-0.4, -0.2) is 32.8 Å². The fraction of sp³-hybridized carbons (Fsp3) is 0.500. The normalized spacial score (nSPS) is 11.4. The van der Waals surface area contributed by atoms with E-state index in [9.17, 15) is 0 Å². The van der Waals surface area contributed by atoms with Crippen LogP contribution in [0.4, 0.5) is 0 Å². The number of nitrogens with one attached hydrogen (secondary N) is 2. The Labute approximate surface area is 120 Å². The lowest BCUT2D eigenvalue weighted by molar-refractivity contribution is 0.145. The first kappa shape index (κ1) is 15.8. The summed E-state index contributed by atoms with van der Waals surface area (Å²) in [6.07, 6.45) is 0.968. The molecule has 0 unspecified atom stereocenters. The van der Waals surface area contributed by atoms with Gasteiger partial charge >= 0.3 is 0 Å². The Morgan fingerprint density at radius 3 is 2.63 bits per heavy atom. The highest BCUT2D eigenvalue weighted by molar-refractivity contribution is 6.30. The first-order valence-corrected chi connectivity index (χ1v) is 6.90. The molecule has 1 aromatic carbocycles. The number of hydrogen-bond donors (Lipinski definition) is 2. The van der Waals surface area contributed by atoms with Crippen LogP contribution in [0.1, 0.15) is 18.9 Å². The second-order valence-electron chi connectivity index (χ2n) is 4.03. The SMILES string of the molecule is CCOCCCNC(=NC)NCc1ccc(Cl)cc1. The van der Waals surface area contributed by atoms with E-state index in [1.807, 2.05) is 31.2 Å². The maximum Gasteiger partial charge on any atom is 0.191 e. The summed E-state index contributed by atoms with van der Waals surface area (Å²) < 4.78 is 5.28. The Morgan fingerprint density at radius 2 is 2.00 bits per heavy atom. The molecule has 0 saturated heterocycles. The van der Waals surface area contributed by atoms with Gasteiger partial charge in [0.05, 0.1) is 0 Å². The molecule has 19 heavy (non-hydrogen) atoms. The van der Waals surface area contributed by atoms with Gasteiger partial charge < -0.3 is 15.4 Å². The van der Waals surface area contributed by atoms with Gasteiger partial charge in [0.2, 0.25) is 0 Å². The lowest BCUT2D eigenvalue weighted by Gasteiger charge is -2.12. The van der Waals surface area contributed by atoms with Gasteiger partial charge in [-0.25, -0.2) is 0 Å². The van der Waals surface area contributed by atoms with E-state index in [1.54, 1.807) is 7.05 Å². The smallest absolute Gasteiger partial charge is 0.191 e. The molecular formula is C14H22ClN3O. The molecule has 1 rings (SSSR count). The third-order valence-electron chi connectivity index (χ3n) is 2.56. The number of aliphatic imine (C=N–C) groups is 1. The minimum atomic E-state index is 0.725. The van der Waals surface area contributed by atoms with Gasteiger partial charge in [0.1, 0.15) is 0 Å². The van der Waals surface area contributed by atoms with Crippen LogP contribution in [0, 0.1) is 0 Å². The average molecular weight is 284 g/mol. The van der Waals surface area contributed by atoms with Crippen LogP contribution in [0.2, 0.25) is 5.02 Å². The first-order valence-electron chi connectivity index (χ1n) is 6.53. The Morgan fingerprint density at radius 1 is 1.26 bits per heavy atom. The van der Waals surface area contributed by atoms with Gasteiger partial charge in [-0.2, -0.15) is 0 Å². The van der Waals surface area contributed by atoms with E-state index in [-0.39, 0.29) is 0 Å². The maximum absolute atomic E-state index is 5.84. The zero-order valence-electron chi connectivity index (χ0n) is 11.6. The number of nitrogens with zero attached hydrogens (tertiary/aromatic N) is 1. The molecule has 0 aliphatic carbocycles. The summed E-state index contributed by atoms with van der Waals surface area (Å²) in [6.45, 7) is 5.11. The largest absolute Gasteiger partial charge is 0.382 e. The highest BCUT2D eigenvalue weighted by Gasteiger charge is 1.98. The van der Waals surface area contributed by atoms with Crippen LogP contribution in [-0.2, 0) is 11.3 Å². The molecular weight excluding hydrogens is 262 g/mol. The zero-order valence-corrected chi connectivity index (χ0v) is 12.3.